The van der Waals surface area contributed by atoms with E-state index in [-0.39, 0.29) is 29.5 Å². The summed E-state index contributed by atoms with van der Waals surface area (Å²) in [5.74, 6) is -0.525. The molecule has 1 atom stereocenters. The number of benzene rings is 1. The van der Waals surface area contributed by atoms with E-state index in [0.717, 1.165) is 11.3 Å². The first kappa shape index (κ1) is 24.8. The largest absolute Gasteiger partial charge is 0.491 e. The van der Waals surface area contributed by atoms with E-state index in [1.807, 2.05) is 7.05 Å². The summed E-state index contributed by atoms with van der Waals surface area (Å²) in [6.45, 7) is 4.48. The number of hydrogen-bond acceptors (Lipinski definition) is 9. The van der Waals surface area contributed by atoms with Gasteiger partial charge in [0.15, 0.2) is 17.5 Å². The van der Waals surface area contributed by atoms with Crippen LogP contribution in [0.15, 0.2) is 28.9 Å². The first-order valence-corrected chi connectivity index (χ1v) is 11.8. The van der Waals surface area contributed by atoms with Crippen LogP contribution in [0.5, 0.6) is 5.75 Å². The highest BCUT2D eigenvalue weighted by molar-refractivity contribution is 5.72. The van der Waals surface area contributed by atoms with E-state index < -0.39 is 17.7 Å². The quantitative estimate of drug-likeness (QED) is 0.369. The maximum Gasteiger partial charge on any atom is 0.192 e. The van der Waals surface area contributed by atoms with Gasteiger partial charge in [0, 0.05) is 25.7 Å². The predicted octanol–water partition coefficient (Wildman–Crippen LogP) is 2.91. The summed E-state index contributed by atoms with van der Waals surface area (Å²) in [6.07, 6.45) is 0.998. The number of aromatic nitrogens is 5. The third kappa shape index (κ3) is 4.65. The Hall–Kier alpha value is -3.90. The SMILES string of the molecule is CNC[C@@H](O)COc1ccc(F)c(-c2nc(-c3c(C)noc3C)c(F)c(N3Cc4cnn(C)c4C3)n2)c1. The van der Waals surface area contributed by atoms with Crippen molar-refractivity contribution in [3.8, 4) is 28.4 Å². The summed E-state index contributed by atoms with van der Waals surface area (Å²) in [7, 11) is 3.54. The number of nitrogens with zero attached hydrogens (tertiary/aromatic N) is 6. The topological polar surface area (TPSA) is 114 Å². The Labute approximate surface area is 211 Å². The number of aliphatic hydroxyl groups excluding tert-OH is 1. The monoisotopic (exact) mass is 511 g/mol. The van der Waals surface area contributed by atoms with E-state index in [1.165, 1.54) is 18.2 Å². The zero-order valence-electron chi connectivity index (χ0n) is 20.9. The van der Waals surface area contributed by atoms with Crippen LogP contribution in [0.4, 0.5) is 14.6 Å². The lowest BCUT2D eigenvalue weighted by Crippen LogP contribution is -2.29. The molecular formula is C25H27F2N7O3. The number of fused-ring (bicyclic) bond motifs is 1. The number of rotatable bonds is 8. The Morgan fingerprint density at radius 1 is 1.22 bits per heavy atom. The van der Waals surface area contributed by atoms with Gasteiger partial charge in [-0.05, 0) is 39.1 Å². The summed E-state index contributed by atoms with van der Waals surface area (Å²) < 4.78 is 43.8. The molecule has 2 N–H and O–H groups in total. The molecule has 0 bridgehead atoms. The van der Waals surface area contributed by atoms with Gasteiger partial charge < -0.3 is 24.6 Å². The standard InChI is InChI=1S/C25H27F2N7O3/c1-13-21(14(2)37-32-13)23-22(27)25(34-10-15-8-29-33(4)20(15)11-34)31-24(30-23)18-7-17(5-6-19(18)26)36-12-16(35)9-28-3/h5-8,16,28,35H,9-12H2,1-4H3/t16-/m1/s1. The number of anilines is 1. The van der Waals surface area contributed by atoms with Crippen LogP contribution in [-0.2, 0) is 20.1 Å². The van der Waals surface area contributed by atoms with Gasteiger partial charge in [-0.2, -0.15) is 5.10 Å². The van der Waals surface area contributed by atoms with Crippen molar-refractivity contribution in [2.45, 2.75) is 33.0 Å². The summed E-state index contributed by atoms with van der Waals surface area (Å²) in [4.78, 5) is 10.7. The highest BCUT2D eigenvalue weighted by Crippen LogP contribution is 2.37. The summed E-state index contributed by atoms with van der Waals surface area (Å²) in [6, 6.07) is 4.13. The molecule has 1 aliphatic rings. The van der Waals surface area contributed by atoms with Crippen molar-refractivity contribution in [2.75, 3.05) is 25.1 Å². The molecule has 1 aromatic carbocycles. The number of aliphatic hydroxyl groups is 1. The average Bonchev–Trinajstić information content (AvgIpc) is 3.55. The molecule has 3 aromatic heterocycles. The molecule has 0 radical (unpaired) electrons. The molecule has 12 heteroatoms. The van der Waals surface area contributed by atoms with Crippen molar-refractivity contribution < 1.29 is 23.1 Å². The molecule has 0 aliphatic carbocycles. The van der Waals surface area contributed by atoms with Gasteiger partial charge in [-0.3, -0.25) is 4.68 Å². The van der Waals surface area contributed by atoms with Gasteiger partial charge in [0.2, 0.25) is 0 Å². The van der Waals surface area contributed by atoms with E-state index in [4.69, 9.17) is 9.26 Å². The van der Waals surface area contributed by atoms with E-state index in [2.05, 4.69) is 25.5 Å². The third-order valence-electron chi connectivity index (χ3n) is 6.31. The Kier molecular flexibility index (Phi) is 6.61. The Bertz CT molecular complexity index is 1430. The van der Waals surface area contributed by atoms with Gasteiger partial charge in [-0.25, -0.2) is 18.7 Å². The lowest BCUT2D eigenvalue weighted by molar-refractivity contribution is 0.108. The van der Waals surface area contributed by atoms with Crippen LogP contribution in [0.2, 0.25) is 0 Å². The fourth-order valence-electron chi connectivity index (χ4n) is 4.44. The van der Waals surface area contributed by atoms with Gasteiger partial charge >= 0.3 is 0 Å². The average molecular weight is 512 g/mol. The molecule has 194 valence electrons. The molecule has 0 fully saturated rings. The fraction of sp³-hybridized carbons (Fsp3) is 0.360. The van der Waals surface area contributed by atoms with Crippen molar-refractivity contribution in [2.24, 2.45) is 7.05 Å². The fourth-order valence-corrected chi connectivity index (χ4v) is 4.44. The molecule has 5 rings (SSSR count). The second-order valence-corrected chi connectivity index (χ2v) is 8.99. The number of hydrogen-bond donors (Lipinski definition) is 2. The van der Waals surface area contributed by atoms with Crippen molar-refractivity contribution >= 4 is 5.82 Å². The van der Waals surface area contributed by atoms with E-state index in [1.54, 1.807) is 36.7 Å². The molecule has 0 spiro atoms. The molecule has 0 saturated carbocycles. The summed E-state index contributed by atoms with van der Waals surface area (Å²) >= 11 is 0. The Balaban J connectivity index is 1.60. The van der Waals surface area contributed by atoms with Crippen molar-refractivity contribution in [3.63, 3.8) is 0 Å². The second-order valence-electron chi connectivity index (χ2n) is 8.99. The minimum absolute atomic E-state index is 0.00579. The van der Waals surface area contributed by atoms with Gasteiger partial charge in [-0.15, -0.1) is 0 Å². The number of aryl methyl sites for hydroxylation is 3. The number of likely N-dealkylation sites (N-methyl/N-ethyl adjacent to an activating group) is 1. The van der Waals surface area contributed by atoms with Crippen LogP contribution in [0.1, 0.15) is 22.7 Å². The second kappa shape index (κ2) is 9.87. The smallest absolute Gasteiger partial charge is 0.192 e. The van der Waals surface area contributed by atoms with Crippen molar-refractivity contribution in [3.05, 3.63) is 58.7 Å². The number of nitrogens with one attached hydrogen (secondary N) is 1. The molecule has 10 nitrogen and oxygen atoms in total. The lowest BCUT2D eigenvalue weighted by atomic mass is 10.1. The molecule has 4 heterocycles. The van der Waals surface area contributed by atoms with E-state index in [9.17, 15) is 5.11 Å². The van der Waals surface area contributed by atoms with E-state index >= 15 is 8.78 Å². The van der Waals surface area contributed by atoms with Crippen molar-refractivity contribution in [1.29, 1.82) is 0 Å². The van der Waals surface area contributed by atoms with Crippen LogP contribution >= 0.6 is 0 Å². The summed E-state index contributed by atoms with van der Waals surface area (Å²) in [5.41, 5.74) is 2.76. The molecule has 0 unspecified atom stereocenters. The zero-order valence-corrected chi connectivity index (χ0v) is 20.9. The van der Waals surface area contributed by atoms with Gasteiger partial charge in [0.25, 0.3) is 0 Å². The van der Waals surface area contributed by atoms with Gasteiger partial charge in [0.1, 0.15) is 35.7 Å². The summed E-state index contributed by atoms with van der Waals surface area (Å²) in [5, 5.41) is 21.0. The highest BCUT2D eigenvalue weighted by Gasteiger charge is 2.30. The number of halogens is 2. The number of ether oxygens (including phenoxy) is 1. The first-order chi connectivity index (χ1) is 17.8. The predicted molar refractivity (Wildman–Crippen MR) is 131 cm³/mol. The van der Waals surface area contributed by atoms with Crippen molar-refractivity contribution in [1.82, 2.24) is 30.2 Å². The molecule has 0 amide bonds. The molecule has 1 aliphatic heterocycles. The minimum atomic E-state index is -0.746. The molecule has 0 saturated heterocycles. The van der Waals surface area contributed by atoms with Crippen LogP contribution in [0.25, 0.3) is 22.6 Å². The minimum Gasteiger partial charge on any atom is -0.491 e. The Morgan fingerprint density at radius 2 is 2.03 bits per heavy atom. The molecular weight excluding hydrogens is 484 g/mol. The maximum atomic E-state index is 16.0. The van der Waals surface area contributed by atoms with Crippen LogP contribution in [-0.4, -0.2) is 56.3 Å². The first-order valence-electron chi connectivity index (χ1n) is 11.8. The maximum absolute atomic E-state index is 16.0. The van der Waals surface area contributed by atoms with Crippen LogP contribution in [0, 0.1) is 25.5 Å². The Morgan fingerprint density at radius 3 is 2.73 bits per heavy atom. The third-order valence-corrected chi connectivity index (χ3v) is 6.31. The van der Waals surface area contributed by atoms with Crippen LogP contribution in [0.3, 0.4) is 0 Å². The zero-order chi connectivity index (χ0) is 26.3. The van der Waals surface area contributed by atoms with Gasteiger partial charge in [-0.1, -0.05) is 5.16 Å². The molecule has 37 heavy (non-hydrogen) atoms. The lowest BCUT2D eigenvalue weighted by Gasteiger charge is -2.20. The van der Waals surface area contributed by atoms with Crippen LogP contribution < -0.4 is 15.0 Å². The molecule has 4 aromatic rings. The highest BCUT2D eigenvalue weighted by atomic mass is 19.1. The van der Waals surface area contributed by atoms with Gasteiger partial charge in [0.05, 0.1) is 35.3 Å². The van der Waals surface area contributed by atoms with E-state index in [0.29, 0.717) is 42.4 Å². The normalized spacial score (nSPS) is 13.8.